The van der Waals surface area contributed by atoms with Crippen LogP contribution >= 0.6 is 11.6 Å². The Balaban J connectivity index is 1.67. The van der Waals surface area contributed by atoms with Gasteiger partial charge in [-0.25, -0.2) is 4.68 Å². The van der Waals surface area contributed by atoms with Gasteiger partial charge in [-0.2, -0.15) is 5.10 Å². The van der Waals surface area contributed by atoms with Crippen molar-refractivity contribution in [1.82, 2.24) is 14.7 Å². The number of hydrogen-bond acceptors (Lipinski definition) is 5. The molecule has 1 N–H and O–H groups in total. The summed E-state index contributed by atoms with van der Waals surface area (Å²) in [6.45, 7) is 8.42. The van der Waals surface area contributed by atoms with E-state index < -0.39 is 6.10 Å². The van der Waals surface area contributed by atoms with Crippen molar-refractivity contribution in [3.8, 4) is 17.3 Å². The normalized spacial score (nSPS) is 16.5. The lowest BCUT2D eigenvalue weighted by atomic mass is 10.1. The molecule has 1 aliphatic rings. The number of aromatic nitrogens is 2. The zero-order valence-corrected chi connectivity index (χ0v) is 21.0. The highest BCUT2D eigenvalue weighted by Gasteiger charge is 2.26. The maximum Gasteiger partial charge on any atom is 0.227 e. The molecule has 4 rings (SSSR count). The van der Waals surface area contributed by atoms with Crippen molar-refractivity contribution in [2.75, 3.05) is 19.7 Å². The van der Waals surface area contributed by atoms with Gasteiger partial charge in [-0.05, 0) is 56.9 Å². The van der Waals surface area contributed by atoms with Crippen LogP contribution in [0.15, 0.2) is 67.3 Å². The van der Waals surface area contributed by atoms with E-state index in [1.807, 2.05) is 72.3 Å². The van der Waals surface area contributed by atoms with Crippen LogP contribution in [-0.2, 0) is 11.3 Å². The Hall–Kier alpha value is -2.64. The van der Waals surface area contributed by atoms with E-state index in [9.17, 15) is 5.11 Å². The van der Waals surface area contributed by atoms with Crippen LogP contribution in [0.1, 0.15) is 36.9 Å². The number of benzene rings is 2. The van der Waals surface area contributed by atoms with Gasteiger partial charge in [-0.3, -0.25) is 4.90 Å². The number of rotatable bonds is 12. The zero-order valence-electron chi connectivity index (χ0n) is 20.3. The standard InChI is InChI=1S/C28H34ClN3O3/c1-3-4-13-23(33)18-31(19-24-14-10-17-34-24)20-25-21(2)30-32(22-11-6-5-7-12-22)28(25)35-27-16-9-8-15-26(27)29/h3,5-9,11-12,15-16,23-24,33H,1,4,10,13-14,17-20H2,2H3. The number of allylic oxidation sites excluding steroid dienone is 1. The van der Waals surface area contributed by atoms with E-state index in [0.717, 1.165) is 49.4 Å². The van der Waals surface area contributed by atoms with Gasteiger partial charge in [0.15, 0.2) is 0 Å². The fourth-order valence-electron chi connectivity index (χ4n) is 4.40. The van der Waals surface area contributed by atoms with Gasteiger partial charge in [0.1, 0.15) is 5.75 Å². The second kappa shape index (κ2) is 12.4. The maximum absolute atomic E-state index is 10.7. The predicted molar refractivity (Wildman–Crippen MR) is 140 cm³/mol. The fraction of sp³-hybridized carbons (Fsp3) is 0.393. The Labute approximate surface area is 212 Å². The number of ether oxygens (including phenoxy) is 2. The van der Waals surface area contributed by atoms with Crippen LogP contribution in [0.4, 0.5) is 0 Å². The van der Waals surface area contributed by atoms with Gasteiger partial charge in [-0.15, -0.1) is 6.58 Å². The van der Waals surface area contributed by atoms with E-state index >= 15 is 0 Å². The van der Waals surface area contributed by atoms with Gasteiger partial charge < -0.3 is 14.6 Å². The molecule has 0 radical (unpaired) electrons. The highest BCUT2D eigenvalue weighted by Crippen LogP contribution is 2.35. The molecule has 35 heavy (non-hydrogen) atoms. The molecule has 1 fully saturated rings. The average molecular weight is 496 g/mol. The Morgan fingerprint density at radius 2 is 2.03 bits per heavy atom. The molecule has 6 nitrogen and oxygen atoms in total. The monoisotopic (exact) mass is 495 g/mol. The number of aliphatic hydroxyl groups excluding tert-OH is 1. The van der Waals surface area contributed by atoms with E-state index in [1.165, 1.54) is 0 Å². The predicted octanol–water partition coefficient (Wildman–Crippen LogP) is 5.93. The van der Waals surface area contributed by atoms with Crippen molar-refractivity contribution >= 4 is 11.6 Å². The maximum atomic E-state index is 10.7. The highest BCUT2D eigenvalue weighted by atomic mass is 35.5. The topological polar surface area (TPSA) is 59.8 Å². The quantitative estimate of drug-likeness (QED) is 0.315. The van der Waals surface area contributed by atoms with Crippen LogP contribution in [0, 0.1) is 6.92 Å². The van der Waals surface area contributed by atoms with Crippen molar-refractivity contribution in [3.63, 3.8) is 0 Å². The van der Waals surface area contributed by atoms with Crippen molar-refractivity contribution in [2.24, 2.45) is 0 Å². The summed E-state index contributed by atoms with van der Waals surface area (Å²) in [7, 11) is 0. The van der Waals surface area contributed by atoms with Crippen molar-refractivity contribution < 1.29 is 14.6 Å². The molecule has 7 heteroatoms. The molecular weight excluding hydrogens is 462 g/mol. The van der Waals surface area contributed by atoms with Crippen molar-refractivity contribution in [3.05, 3.63) is 83.5 Å². The lowest BCUT2D eigenvalue weighted by Crippen LogP contribution is -2.37. The van der Waals surface area contributed by atoms with Crippen LogP contribution in [0.5, 0.6) is 11.6 Å². The van der Waals surface area contributed by atoms with Crippen LogP contribution in [0.25, 0.3) is 5.69 Å². The molecule has 0 aliphatic carbocycles. The van der Waals surface area contributed by atoms with Gasteiger partial charge in [-0.1, -0.05) is 48.0 Å². The van der Waals surface area contributed by atoms with Gasteiger partial charge in [0.2, 0.25) is 5.88 Å². The van der Waals surface area contributed by atoms with E-state index in [-0.39, 0.29) is 6.10 Å². The first kappa shape index (κ1) is 25.5. The van der Waals surface area contributed by atoms with E-state index in [0.29, 0.717) is 36.2 Å². The smallest absolute Gasteiger partial charge is 0.227 e. The molecular formula is C28H34ClN3O3. The summed E-state index contributed by atoms with van der Waals surface area (Å²) < 4.78 is 14.2. The molecule has 1 aliphatic heterocycles. The largest absolute Gasteiger partial charge is 0.437 e. The lowest BCUT2D eigenvalue weighted by molar-refractivity contribution is 0.0442. The molecule has 2 heterocycles. The average Bonchev–Trinajstić information content (AvgIpc) is 3.48. The Morgan fingerprint density at radius 1 is 1.26 bits per heavy atom. The molecule has 2 unspecified atom stereocenters. The number of para-hydroxylation sites is 2. The first-order valence-electron chi connectivity index (χ1n) is 12.2. The first-order valence-corrected chi connectivity index (χ1v) is 12.6. The second-order valence-corrected chi connectivity index (χ2v) is 9.41. The summed E-state index contributed by atoms with van der Waals surface area (Å²) in [5, 5.41) is 16.1. The second-order valence-electron chi connectivity index (χ2n) is 9.00. The number of hydrogen-bond donors (Lipinski definition) is 1. The molecule has 1 saturated heterocycles. The number of aryl methyl sites for hydroxylation is 1. The van der Waals surface area contributed by atoms with E-state index in [4.69, 9.17) is 26.2 Å². The Kier molecular flexibility index (Phi) is 8.99. The molecule has 3 aromatic rings. The summed E-state index contributed by atoms with van der Waals surface area (Å²) in [5.74, 6) is 1.20. The van der Waals surface area contributed by atoms with Gasteiger partial charge >= 0.3 is 0 Å². The van der Waals surface area contributed by atoms with Crippen LogP contribution in [0.3, 0.4) is 0 Å². The summed E-state index contributed by atoms with van der Waals surface area (Å²) >= 11 is 6.45. The molecule has 186 valence electrons. The number of halogens is 1. The number of nitrogens with zero attached hydrogens (tertiary/aromatic N) is 3. The van der Waals surface area contributed by atoms with Crippen molar-refractivity contribution in [1.29, 1.82) is 0 Å². The minimum atomic E-state index is -0.452. The third kappa shape index (κ3) is 6.73. The van der Waals surface area contributed by atoms with E-state index in [1.54, 1.807) is 0 Å². The lowest BCUT2D eigenvalue weighted by Gasteiger charge is -2.27. The first-order chi connectivity index (χ1) is 17.0. The molecule has 2 atom stereocenters. The van der Waals surface area contributed by atoms with Crippen LogP contribution in [0.2, 0.25) is 5.02 Å². The van der Waals surface area contributed by atoms with E-state index in [2.05, 4.69) is 11.5 Å². The molecule has 2 aromatic carbocycles. The summed E-state index contributed by atoms with van der Waals surface area (Å²) in [6.07, 6.45) is 5.12. The minimum Gasteiger partial charge on any atom is -0.437 e. The summed E-state index contributed by atoms with van der Waals surface area (Å²) in [5.41, 5.74) is 2.73. The molecule has 0 saturated carbocycles. The third-order valence-corrected chi connectivity index (χ3v) is 6.53. The fourth-order valence-corrected chi connectivity index (χ4v) is 4.58. The highest BCUT2D eigenvalue weighted by molar-refractivity contribution is 6.32. The number of aliphatic hydroxyl groups is 1. The third-order valence-electron chi connectivity index (χ3n) is 6.22. The molecule has 0 amide bonds. The SMILES string of the molecule is C=CCCC(O)CN(Cc1c(C)nn(-c2ccccc2)c1Oc1ccccc1Cl)CC1CCCO1. The van der Waals surface area contributed by atoms with Crippen molar-refractivity contribution in [2.45, 2.75) is 51.4 Å². The Morgan fingerprint density at radius 3 is 2.74 bits per heavy atom. The molecule has 0 bridgehead atoms. The molecule has 0 spiro atoms. The summed E-state index contributed by atoms with van der Waals surface area (Å²) in [6, 6.07) is 17.4. The van der Waals surface area contributed by atoms with Crippen LogP contribution < -0.4 is 4.74 Å². The zero-order chi connectivity index (χ0) is 24.6. The van der Waals surface area contributed by atoms with Gasteiger partial charge in [0.25, 0.3) is 0 Å². The molecule has 1 aromatic heterocycles. The van der Waals surface area contributed by atoms with Crippen LogP contribution in [-0.4, -0.2) is 51.7 Å². The van der Waals surface area contributed by atoms with Gasteiger partial charge in [0, 0.05) is 26.2 Å². The summed E-state index contributed by atoms with van der Waals surface area (Å²) in [4.78, 5) is 2.25. The Bertz CT molecular complexity index is 1100. The van der Waals surface area contributed by atoms with Gasteiger partial charge in [0.05, 0.1) is 34.2 Å². The minimum absolute atomic E-state index is 0.166.